The Kier molecular flexibility index (Phi) is 5.23. The van der Waals surface area contributed by atoms with Crippen molar-refractivity contribution < 1.29 is 9.47 Å². The summed E-state index contributed by atoms with van der Waals surface area (Å²) in [5.74, 6) is 2.17. The normalized spacial score (nSPS) is 22.9. The van der Waals surface area contributed by atoms with E-state index in [-0.39, 0.29) is 0 Å². The van der Waals surface area contributed by atoms with E-state index in [1.54, 1.807) is 7.11 Å². The van der Waals surface area contributed by atoms with Gasteiger partial charge in [0.05, 0.1) is 13.2 Å². The number of ether oxygens (including phenoxy) is 2. The lowest BCUT2D eigenvalue weighted by molar-refractivity contribution is 0.0539. The molecule has 19 heavy (non-hydrogen) atoms. The van der Waals surface area contributed by atoms with Crippen molar-refractivity contribution in [2.75, 3.05) is 20.3 Å². The predicted octanol–water partition coefficient (Wildman–Crippen LogP) is 2.85. The van der Waals surface area contributed by atoms with E-state index >= 15 is 0 Å². The van der Waals surface area contributed by atoms with E-state index in [4.69, 9.17) is 9.47 Å². The summed E-state index contributed by atoms with van der Waals surface area (Å²) in [5, 5.41) is 3.54. The van der Waals surface area contributed by atoms with Gasteiger partial charge in [-0.25, -0.2) is 0 Å². The van der Waals surface area contributed by atoms with Gasteiger partial charge in [-0.3, -0.25) is 0 Å². The van der Waals surface area contributed by atoms with Crippen LogP contribution in [0.5, 0.6) is 5.75 Å². The van der Waals surface area contributed by atoms with Gasteiger partial charge in [0, 0.05) is 19.7 Å². The lowest BCUT2D eigenvalue weighted by Gasteiger charge is -2.22. The van der Waals surface area contributed by atoms with Crippen LogP contribution in [-0.4, -0.2) is 26.4 Å². The van der Waals surface area contributed by atoms with Crippen LogP contribution in [0.15, 0.2) is 24.3 Å². The molecule has 106 valence electrons. The fourth-order valence-corrected chi connectivity index (χ4v) is 2.80. The first-order valence-corrected chi connectivity index (χ1v) is 7.16. The lowest BCUT2D eigenvalue weighted by atomic mass is 9.93. The Labute approximate surface area is 116 Å². The summed E-state index contributed by atoms with van der Waals surface area (Å²) >= 11 is 0. The molecule has 0 aromatic heterocycles. The molecule has 0 saturated carbocycles. The van der Waals surface area contributed by atoms with Crippen LogP contribution in [0.3, 0.4) is 0 Å². The highest BCUT2D eigenvalue weighted by atomic mass is 16.5. The van der Waals surface area contributed by atoms with Crippen molar-refractivity contribution in [2.45, 2.75) is 32.9 Å². The maximum Gasteiger partial charge on any atom is 0.119 e. The Balaban J connectivity index is 1.79. The van der Waals surface area contributed by atoms with Crippen LogP contribution >= 0.6 is 0 Å². The number of rotatable bonds is 6. The Bertz CT molecular complexity index is 392. The molecule has 2 atom stereocenters. The monoisotopic (exact) mass is 263 g/mol. The van der Waals surface area contributed by atoms with Crippen molar-refractivity contribution in [3.05, 3.63) is 29.8 Å². The maximum absolute atomic E-state index is 5.81. The average molecular weight is 263 g/mol. The molecule has 3 nitrogen and oxygen atoms in total. The number of nitrogens with one attached hydrogen (secondary N) is 1. The Hall–Kier alpha value is -1.06. The minimum absolute atomic E-state index is 0.415. The second-order valence-corrected chi connectivity index (χ2v) is 5.61. The van der Waals surface area contributed by atoms with Crippen molar-refractivity contribution >= 4 is 0 Å². The molecule has 0 amide bonds. The van der Waals surface area contributed by atoms with Gasteiger partial charge in [0.2, 0.25) is 0 Å². The van der Waals surface area contributed by atoms with E-state index in [0.717, 1.165) is 25.4 Å². The highest BCUT2D eigenvalue weighted by Gasteiger charge is 2.29. The van der Waals surface area contributed by atoms with Gasteiger partial charge in [-0.1, -0.05) is 26.0 Å². The molecule has 1 N–H and O–H groups in total. The van der Waals surface area contributed by atoms with Crippen LogP contribution in [0.1, 0.15) is 25.8 Å². The molecule has 1 aliphatic rings. The first-order chi connectivity index (χ1) is 9.20. The first-order valence-electron chi connectivity index (χ1n) is 7.16. The molecule has 0 unspecified atom stereocenters. The molecule has 1 saturated heterocycles. The smallest absolute Gasteiger partial charge is 0.119 e. The summed E-state index contributed by atoms with van der Waals surface area (Å²) < 4.78 is 11.0. The fourth-order valence-electron chi connectivity index (χ4n) is 2.80. The van der Waals surface area contributed by atoms with Crippen LogP contribution < -0.4 is 10.1 Å². The van der Waals surface area contributed by atoms with Crippen molar-refractivity contribution in [1.29, 1.82) is 0 Å². The Morgan fingerprint density at radius 1 is 1.42 bits per heavy atom. The standard InChI is InChI=1S/C16H25NO2/c1-12(2)16-14(7-8-19-16)11-17-10-13-5-4-6-15(9-13)18-3/h4-6,9,12,14,16-17H,7-8,10-11H2,1-3H3/t14-,16-/m1/s1. The van der Waals surface area contributed by atoms with Crippen LogP contribution in [0.4, 0.5) is 0 Å². The molecule has 3 heteroatoms. The van der Waals surface area contributed by atoms with Crippen molar-refractivity contribution in [2.24, 2.45) is 11.8 Å². The summed E-state index contributed by atoms with van der Waals surface area (Å²) in [4.78, 5) is 0. The van der Waals surface area contributed by atoms with Gasteiger partial charge >= 0.3 is 0 Å². The number of benzene rings is 1. The van der Waals surface area contributed by atoms with Gasteiger partial charge in [-0.05, 0) is 36.0 Å². The summed E-state index contributed by atoms with van der Waals surface area (Å²) in [6.45, 7) is 7.31. The predicted molar refractivity (Wildman–Crippen MR) is 77.4 cm³/mol. The largest absolute Gasteiger partial charge is 0.497 e. The van der Waals surface area contributed by atoms with Crippen LogP contribution in [0, 0.1) is 11.8 Å². The fraction of sp³-hybridized carbons (Fsp3) is 0.625. The zero-order valence-corrected chi connectivity index (χ0v) is 12.2. The molecule has 0 spiro atoms. The molecule has 0 radical (unpaired) electrons. The lowest BCUT2D eigenvalue weighted by Crippen LogP contribution is -2.31. The van der Waals surface area contributed by atoms with E-state index in [0.29, 0.717) is 17.9 Å². The molecule has 2 rings (SSSR count). The molecule has 1 aromatic rings. The number of hydrogen-bond donors (Lipinski definition) is 1. The Morgan fingerprint density at radius 2 is 2.26 bits per heavy atom. The molecular formula is C16H25NO2. The molecule has 1 aliphatic heterocycles. The van der Waals surface area contributed by atoms with Crippen LogP contribution in [0.25, 0.3) is 0 Å². The molecule has 1 fully saturated rings. The third-order valence-corrected chi connectivity index (χ3v) is 3.79. The summed E-state index contributed by atoms with van der Waals surface area (Å²) in [6.07, 6.45) is 1.59. The van der Waals surface area contributed by atoms with E-state index in [1.165, 1.54) is 12.0 Å². The number of methoxy groups -OCH3 is 1. The highest BCUT2D eigenvalue weighted by molar-refractivity contribution is 5.28. The van der Waals surface area contributed by atoms with Gasteiger partial charge in [0.1, 0.15) is 5.75 Å². The van der Waals surface area contributed by atoms with E-state index in [1.807, 2.05) is 12.1 Å². The zero-order valence-electron chi connectivity index (χ0n) is 12.2. The van der Waals surface area contributed by atoms with E-state index < -0.39 is 0 Å². The summed E-state index contributed by atoms with van der Waals surface area (Å²) in [5.41, 5.74) is 1.26. The first kappa shape index (κ1) is 14.4. The quantitative estimate of drug-likeness (QED) is 0.856. The second kappa shape index (κ2) is 6.92. The summed E-state index contributed by atoms with van der Waals surface area (Å²) in [6, 6.07) is 8.22. The number of hydrogen-bond acceptors (Lipinski definition) is 3. The molecule has 1 heterocycles. The van der Waals surface area contributed by atoms with Crippen LogP contribution in [0.2, 0.25) is 0 Å². The second-order valence-electron chi connectivity index (χ2n) is 5.61. The van der Waals surface area contributed by atoms with Gasteiger partial charge in [0.25, 0.3) is 0 Å². The maximum atomic E-state index is 5.81. The molecule has 1 aromatic carbocycles. The zero-order chi connectivity index (χ0) is 13.7. The molecular weight excluding hydrogens is 238 g/mol. The minimum atomic E-state index is 0.415. The van der Waals surface area contributed by atoms with Crippen LogP contribution in [-0.2, 0) is 11.3 Å². The third-order valence-electron chi connectivity index (χ3n) is 3.79. The topological polar surface area (TPSA) is 30.5 Å². The minimum Gasteiger partial charge on any atom is -0.497 e. The Morgan fingerprint density at radius 3 is 3.00 bits per heavy atom. The van der Waals surface area contributed by atoms with Gasteiger partial charge in [0.15, 0.2) is 0 Å². The highest BCUT2D eigenvalue weighted by Crippen LogP contribution is 2.26. The van der Waals surface area contributed by atoms with Crippen molar-refractivity contribution in [3.8, 4) is 5.75 Å². The van der Waals surface area contributed by atoms with E-state index in [9.17, 15) is 0 Å². The third kappa shape index (κ3) is 3.95. The van der Waals surface area contributed by atoms with E-state index in [2.05, 4.69) is 31.3 Å². The van der Waals surface area contributed by atoms with Gasteiger partial charge in [-0.2, -0.15) is 0 Å². The SMILES string of the molecule is COc1cccc(CNC[C@H]2CCO[C@@H]2C(C)C)c1. The van der Waals surface area contributed by atoms with Crippen molar-refractivity contribution in [3.63, 3.8) is 0 Å². The molecule has 0 aliphatic carbocycles. The average Bonchev–Trinajstić information content (AvgIpc) is 2.87. The van der Waals surface area contributed by atoms with Crippen molar-refractivity contribution in [1.82, 2.24) is 5.32 Å². The molecule has 0 bridgehead atoms. The van der Waals surface area contributed by atoms with Gasteiger partial charge < -0.3 is 14.8 Å². The van der Waals surface area contributed by atoms with Gasteiger partial charge in [-0.15, -0.1) is 0 Å². The summed E-state index contributed by atoms with van der Waals surface area (Å²) in [7, 11) is 1.70.